The molecule has 1 fully saturated rings. The molecule has 0 aliphatic carbocycles. The SMILES string of the molecule is CC(=O)OC[C@H]1O[C@H](C)[C@@H](OC(C)=O)[C@@H](OC(C)=O)[C@@H]1OC(C)=O. The molecule has 9 nitrogen and oxygen atoms in total. The fraction of sp³-hybridized carbons (Fsp3) is 0.733. The fourth-order valence-electron chi connectivity index (χ4n) is 2.44. The first-order valence-corrected chi connectivity index (χ1v) is 7.42. The summed E-state index contributed by atoms with van der Waals surface area (Å²) in [4.78, 5) is 45.2. The van der Waals surface area contributed by atoms with Gasteiger partial charge in [-0.1, -0.05) is 0 Å². The minimum absolute atomic E-state index is 0.206. The smallest absolute Gasteiger partial charge is 0.303 e. The summed E-state index contributed by atoms with van der Waals surface area (Å²) in [7, 11) is 0. The van der Waals surface area contributed by atoms with E-state index in [9.17, 15) is 19.2 Å². The molecule has 9 heteroatoms. The van der Waals surface area contributed by atoms with Crippen molar-refractivity contribution in [2.75, 3.05) is 6.61 Å². The van der Waals surface area contributed by atoms with Crippen LogP contribution in [-0.2, 0) is 42.9 Å². The molecule has 0 amide bonds. The van der Waals surface area contributed by atoms with E-state index < -0.39 is 54.4 Å². The molecule has 24 heavy (non-hydrogen) atoms. The van der Waals surface area contributed by atoms with Gasteiger partial charge in [-0.25, -0.2) is 0 Å². The van der Waals surface area contributed by atoms with Crippen molar-refractivity contribution in [3.8, 4) is 0 Å². The third-order valence-electron chi connectivity index (χ3n) is 3.22. The summed E-state index contributed by atoms with van der Waals surface area (Å²) in [6.07, 6.45) is -4.69. The number of rotatable bonds is 5. The lowest BCUT2D eigenvalue weighted by atomic mass is 9.95. The first kappa shape index (κ1) is 19.9. The van der Waals surface area contributed by atoms with Crippen molar-refractivity contribution in [3.63, 3.8) is 0 Å². The Morgan fingerprint density at radius 3 is 1.67 bits per heavy atom. The van der Waals surface area contributed by atoms with Crippen molar-refractivity contribution < 1.29 is 42.9 Å². The highest BCUT2D eigenvalue weighted by atomic mass is 16.7. The van der Waals surface area contributed by atoms with Crippen LogP contribution in [0.25, 0.3) is 0 Å². The minimum Gasteiger partial charge on any atom is -0.463 e. The quantitative estimate of drug-likeness (QED) is 0.506. The highest BCUT2D eigenvalue weighted by Crippen LogP contribution is 2.28. The molecule has 1 saturated heterocycles. The van der Waals surface area contributed by atoms with Gasteiger partial charge < -0.3 is 23.7 Å². The van der Waals surface area contributed by atoms with Crippen LogP contribution in [0.3, 0.4) is 0 Å². The molecule has 1 heterocycles. The lowest BCUT2D eigenvalue weighted by Crippen LogP contribution is -2.61. The van der Waals surface area contributed by atoms with E-state index in [0.29, 0.717) is 0 Å². The van der Waals surface area contributed by atoms with Gasteiger partial charge in [0.1, 0.15) is 12.7 Å². The number of carbonyl (C=O) groups is 4. The second-order valence-corrected chi connectivity index (χ2v) is 5.40. The molecule has 5 atom stereocenters. The Kier molecular flexibility index (Phi) is 7.15. The molecule has 0 aromatic rings. The van der Waals surface area contributed by atoms with Crippen LogP contribution >= 0.6 is 0 Å². The zero-order valence-electron chi connectivity index (χ0n) is 14.3. The molecule has 136 valence electrons. The highest BCUT2D eigenvalue weighted by molar-refractivity contribution is 5.68. The molecule has 0 spiro atoms. The number of esters is 4. The molecular formula is C15H22O9. The molecule has 1 aliphatic heterocycles. The van der Waals surface area contributed by atoms with Gasteiger partial charge in [-0.15, -0.1) is 0 Å². The molecular weight excluding hydrogens is 324 g/mol. The molecule has 0 unspecified atom stereocenters. The van der Waals surface area contributed by atoms with E-state index in [1.165, 1.54) is 27.7 Å². The predicted octanol–water partition coefficient (Wildman–Crippen LogP) is 0.132. The summed E-state index contributed by atoms with van der Waals surface area (Å²) in [5, 5.41) is 0. The van der Waals surface area contributed by atoms with Crippen molar-refractivity contribution in [2.24, 2.45) is 0 Å². The van der Waals surface area contributed by atoms with Gasteiger partial charge in [-0.3, -0.25) is 19.2 Å². The van der Waals surface area contributed by atoms with E-state index >= 15 is 0 Å². The zero-order chi connectivity index (χ0) is 18.4. The van der Waals surface area contributed by atoms with Gasteiger partial charge in [0.2, 0.25) is 0 Å². The van der Waals surface area contributed by atoms with Crippen molar-refractivity contribution in [3.05, 3.63) is 0 Å². The monoisotopic (exact) mass is 346 g/mol. The third-order valence-corrected chi connectivity index (χ3v) is 3.22. The standard InChI is InChI=1S/C15H22O9/c1-7-13(22-9(3)17)15(24-11(5)19)14(23-10(4)18)12(21-7)6-20-8(2)16/h7,12-15H,6H2,1-5H3/t7-,12-,13-,14-,15-/m1/s1. The van der Waals surface area contributed by atoms with E-state index in [0.717, 1.165) is 0 Å². The van der Waals surface area contributed by atoms with Crippen LogP contribution in [0.2, 0.25) is 0 Å². The van der Waals surface area contributed by atoms with E-state index in [1.54, 1.807) is 6.92 Å². The van der Waals surface area contributed by atoms with Crippen molar-refractivity contribution in [2.45, 2.75) is 65.1 Å². The normalized spacial score (nSPS) is 29.3. The van der Waals surface area contributed by atoms with Crippen LogP contribution in [0.15, 0.2) is 0 Å². The molecule has 1 rings (SSSR count). The van der Waals surface area contributed by atoms with Crippen LogP contribution in [0.1, 0.15) is 34.6 Å². The predicted molar refractivity (Wildman–Crippen MR) is 77.6 cm³/mol. The average Bonchev–Trinajstić information content (AvgIpc) is 2.42. The van der Waals surface area contributed by atoms with Crippen LogP contribution in [-0.4, -0.2) is 61.0 Å². The Labute approximate surface area is 139 Å². The Balaban J connectivity index is 3.11. The Morgan fingerprint density at radius 2 is 1.21 bits per heavy atom. The maximum absolute atomic E-state index is 11.4. The van der Waals surface area contributed by atoms with Gasteiger partial charge in [-0.05, 0) is 6.92 Å². The topological polar surface area (TPSA) is 114 Å². The van der Waals surface area contributed by atoms with Crippen molar-refractivity contribution in [1.29, 1.82) is 0 Å². The third kappa shape index (κ3) is 5.80. The van der Waals surface area contributed by atoms with Gasteiger partial charge in [0, 0.05) is 27.7 Å². The summed E-state index contributed by atoms with van der Waals surface area (Å²) in [6.45, 7) is 6.17. The van der Waals surface area contributed by atoms with Crippen molar-refractivity contribution in [1.82, 2.24) is 0 Å². The largest absolute Gasteiger partial charge is 0.463 e. The average molecular weight is 346 g/mol. The molecule has 1 aliphatic rings. The summed E-state index contributed by atoms with van der Waals surface area (Å²) >= 11 is 0. The fourth-order valence-corrected chi connectivity index (χ4v) is 2.44. The van der Waals surface area contributed by atoms with E-state index in [4.69, 9.17) is 23.7 Å². The van der Waals surface area contributed by atoms with Gasteiger partial charge in [-0.2, -0.15) is 0 Å². The zero-order valence-corrected chi connectivity index (χ0v) is 14.3. The lowest BCUT2D eigenvalue weighted by Gasteiger charge is -2.43. The maximum Gasteiger partial charge on any atom is 0.303 e. The van der Waals surface area contributed by atoms with Crippen LogP contribution in [0, 0.1) is 0 Å². The molecule has 0 bridgehead atoms. The molecule has 0 aromatic carbocycles. The first-order valence-electron chi connectivity index (χ1n) is 7.42. The van der Waals surface area contributed by atoms with Crippen LogP contribution < -0.4 is 0 Å². The lowest BCUT2D eigenvalue weighted by molar-refractivity contribution is -0.249. The molecule has 0 radical (unpaired) electrons. The van der Waals surface area contributed by atoms with Gasteiger partial charge in [0.05, 0.1) is 6.10 Å². The highest BCUT2D eigenvalue weighted by Gasteiger charge is 2.50. The Morgan fingerprint density at radius 1 is 0.750 bits per heavy atom. The second-order valence-electron chi connectivity index (χ2n) is 5.40. The van der Waals surface area contributed by atoms with E-state index in [-0.39, 0.29) is 6.61 Å². The van der Waals surface area contributed by atoms with E-state index in [1.807, 2.05) is 0 Å². The summed E-state index contributed by atoms with van der Waals surface area (Å²) in [5.74, 6) is -2.44. The number of hydrogen-bond acceptors (Lipinski definition) is 9. The van der Waals surface area contributed by atoms with Gasteiger partial charge in [0.25, 0.3) is 0 Å². The summed E-state index contributed by atoms with van der Waals surface area (Å²) in [5.41, 5.74) is 0. The molecule has 0 N–H and O–H groups in total. The van der Waals surface area contributed by atoms with Crippen LogP contribution in [0.5, 0.6) is 0 Å². The van der Waals surface area contributed by atoms with Gasteiger partial charge in [0.15, 0.2) is 18.3 Å². The first-order chi connectivity index (χ1) is 11.1. The second kappa shape index (κ2) is 8.62. The molecule has 0 aromatic heterocycles. The molecule has 0 saturated carbocycles. The van der Waals surface area contributed by atoms with Gasteiger partial charge >= 0.3 is 23.9 Å². The number of ether oxygens (including phenoxy) is 5. The number of carbonyl (C=O) groups excluding carboxylic acids is 4. The van der Waals surface area contributed by atoms with Crippen LogP contribution in [0.4, 0.5) is 0 Å². The summed E-state index contributed by atoms with van der Waals surface area (Å²) in [6, 6.07) is 0. The van der Waals surface area contributed by atoms with E-state index in [2.05, 4.69) is 0 Å². The maximum atomic E-state index is 11.4. The summed E-state index contributed by atoms with van der Waals surface area (Å²) < 4.78 is 26.1. The van der Waals surface area contributed by atoms with Crippen molar-refractivity contribution >= 4 is 23.9 Å². The minimum atomic E-state index is -1.09. The number of hydrogen-bond donors (Lipinski definition) is 0. The Hall–Kier alpha value is -2.16. The Bertz CT molecular complexity index is 501.